The second-order valence-corrected chi connectivity index (χ2v) is 5.14. The van der Waals surface area contributed by atoms with E-state index in [1.54, 1.807) is 12.3 Å². The Morgan fingerprint density at radius 3 is 3.10 bits per heavy atom. The lowest BCUT2D eigenvalue weighted by atomic mass is 10.2. The first kappa shape index (κ1) is 12.9. The molecule has 6 heteroatoms. The van der Waals surface area contributed by atoms with Gasteiger partial charge in [0.15, 0.2) is 0 Å². The van der Waals surface area contributed by atoms with Crippen LogP contribution >= 0.6 is 0 Å². The molecule has 20 heavy (non-hydrogen) atoms. The third-order valence-electron chi connectivity index (χ3n) is 3.68. The van der Waals surface area contributed by atoms with Gasteiger partial charge in [-0.15, -0.1) is 0 Å². The van der Waals surface area contributed by atoms with E-state index in [4.69, 9.17) is 4.52 Å². The summed E-state index contributed by atoms with van der Waals surface area (Å²) in [5.41, 5.74) is 1.81. The molecule has 1 atom stereocenters. The molecular formula is C14H18N4O2. The highest BCUT2D eigenvalue weighted by atomic mass is 16.5. The van der Waals surface area contributed by atoms with E-state index in [1.807, 2.05) is 18.7 Å². The summed E-state index contributed by atoms with van der Waals surface area (Å²) in [7, 11) is 0. The van der Waals surface area contributed by atoms with Gasteiger partial charge in [-0.3, -0.25) is 4.79 Å². The number of aryl methyl sites for hydroxylation is 2. The molecule has 0 unspecified atom stereocenters. The molecule has 106 valence electrons. The summed E-state index contributed by atoms with van der Waals surface area (Å²) in [5, 5.41) is 3.88. The third-order valence-corrected chi connectivity index (χ3v) is 3.68. The highest BCUT2D eigenvalue weighted by Crippen LogP contribution is 2.31. The van der Waals surface area contributed by atoms with Crippen molar-refractivity contribution in [3.05, 3.63) is 35.2 Å². The van der Waals surface area contributed by atoms with Crippen LogP contribution in [0.1, 0.15) is 53.6 Å². The Kier molecular flexibility index (Phi) is 3.30. The van der Waals surface area contributed by atoms with Crippen LogP contribution in [0.25, 0.3) is 0 Å². The predicted octanol–water partition coefficient (Wildman–Crippen LogP) is 2.25. The lowest BCUT2D eigenvalue weighted by Gasteiger charge is -2.21. The number of carbonyl (C=O) groups excluding carboxylic acids is 1. The van der Waals surface area contributed by atoms with Gasteiger partial charge in [0, 0.05) is 24.5 Å². The van der Waals surface area contributed by atoms with Crippen molar-refractivity contribution in [1.29, 1.82) is 0 Å². The van der Waals surface area contributed by atoms with Gasteiger partial charge in [-0.2, -0.15) is 0 Å². The molecule has 0 bridgehead atoms. The van der Waals surface area contributed by atoms with Gasteiger partial charge in [-0.05, 0) is 26.2 Å². The Morgan fingerprint density at radius 2 is 2.45 bits per heavy atom. The van der Waals surface area contributed by atoms with E-state index >= 15 is 0 Å². The average molecular weight is 274 g/mol. The van der Waals surface area contributed by atoms with Crippen LogP contribution in [0.3, 0.4) is 0 Å². The molecule has 1 aliphatic heterocycles. The molecule has 1 N–H and O–H groups in total. The minimum Gasteiger partial charge on any atom is -0.351 e. The molecule has 0 aromatic carbocycles. The maximum atomic E-state index is 12.5. The summed E-state index contributed by atoms with van der Waals surface area (Å²) < 4.78 is 5.15. The van der Waals surface area contributed by atoms with Crippen LogP contribution in [-0.2, 0) is 6.42 Å². The van der Waals surface area contributed by atoms with Crippen LogP contribution in [0, 0.1) is 6.92 Å². The second kappa shape index (κ2) is 5.11. The Bertz CT molecular complexity index is 616. The number of rotatable bonds is 3. The first-order chi connectivity index (χ1) is 9.69. The Balaban J connectivity index is 1.83. The number of H-pyrrole nitrogens is 1. The van der Waals surface area contributed by atoms with Gasteiger partial charge in [0.2, 0.25) is 5.76 Å². The number of likely N-dealkylation sites (tertiary alicyclic amines) is 1. The standard InChI is InChI=1S/C14H18N4O2/c1-3-10-7-12(20-17-10)14(19)18-6-4-5-11(18)13-15-8-9(2)16-13/h7-8,11H,3-6H2,1-2H3,(H,15,16)/t11-/m1/s1. The molecule has 1 aliphatic rings. The molecule has 6 nitrogen and oxygen atoms in total. The van der Waals surface area contributed by atoms with Crippen LogP contribution in [-0.4, -0.2) is 32.5 Å². The first-order valence-electron chi connectivity index (χ1n) is 6.97. The lowest BCUT2D eigenvalue weighted by Crippen LogP contribution is -2.30. The number of amides is 1. The van der Waals surface area contributed by atoms with Gasteiger partial charge in [0.05, 0.1) is 11.7 Å². The number of carbonyl (C=O) groups is 1. The quantitative estimate of drug-likeness (QED) is 0.931. The molecule has 1 fully saturated rings. The molecule has 1 saturated heterocycles. The van der Waals surface area contributed by atoms with E-state index in [1.165, 1.54) is 0 Å². The number of aromatic nitrogens is 3. The minimum absolute atomic E-state index is 0.00590. The van der Waals surface area contributed by atoms with Crippen molar-refractivity contribution in [2.45, 2.75) is 39.2 Å². The second-order valence-electron chi connectivity index (χ2n) is 5.14. The Hall–Kier alpha value is -2.11. The zero-order valence-electron chi connectivity index (χ0n) is 11.7. The molecule has 0 spiro atoms. The number of nitrogens with zero attached hydrogens (tertiary/aromatic N) is 3. The smallest absolute Gasteiger partial charge is 0.293 e. The number of hydrogen-bond donors (Lipinski definition) is 1. The SMILES string of the molecule is CCc1cc(C(=O)N2CCC[C@@H]2c2ncc(C)[nH]2)on1. The lowest BCUT2D eigenvalue weighted by molar-refractivity contribution is 0.0688. The van der Waals surface area contributed by atoms with E-state index in [2.05, 4.69) is 15.1 Å². The maximum Gasteiger partial charge on any atom is 0.293 e. The van der Waals surface area contributed by atoms with Crippen molar-refractivity contribution in [3.63, 3.8) is 0 Å². The summed E-state index contributed by atoms with van der Waals surface area (Å²) in [6, 6.07) is 1.73. The van der Waals surface area contributed by atoms with Gasteiger partial charge in [-0.1, -0.05) is 12.1 Å². The fourth-order valence-electron chi connectivity index (χ4n) is 2.62. The molecule has 0 saturated carbocycles. The highest BCUT2D eigenvalue weighted by molar-refractivity contribution is 5.91. The van der Waals surface area contributed by atoms with Gasteiger partial charge < -0.3 is 14.4 Å². The zero-order chi connectivity index (χ0) is 14.1. The van der Waals surface area contributed by atoms with Crippen molar-refractivity contribution < 1.29 is 9.32 Å². The van der Waals surface area contributed by atoms with Gasteiger partial charge >= 0.3 is 0 Å². The summed E-state index contributed by atoms with van der Waals surface area (Å²) in [5.74, 6) is 1.06. The molecule has 3 heterocycles. The Labute approximate surface area is 117 Å². The fraction of sp³-hybridized carbons (Fsp3) is 0.500. The van der Waals surface area contributed by atoms with Crippen molar-refractivity contribution >= 4 is 5.91 Å². The van der Waals surface area contributed by atoms with E-state index < -0.39 is 0 Å². The largest absolute Gasteiger partial charge is 0.351 e. The molecular weight excluding hydrogens is 256 g/mol. The summed E-state index contributed by atoms with van der Waals surface area (Å²) >= 11 is 0. The Morgan fingerprint density at radius 1 is 1.60 bits per heavy atom. The number of hydrogen-bond acceptors (Lipinski definition) is 4. The van der Waals surface area contributed by atoms with Crippen LogP contribution in [0.15, 0.2) is 16.8 Å². The summed E-state index contributed by atoms with van der Waals surface area (Å²) in [6.45, 7) is 4.67. The van der Waals surface area contributed by atoms with Crippen molar-refractivity contribution in [1.82, 2.24) is 20.0 Å². The van der Waals surface area contributed by atoms with E-state index in [9.17, 15) is 4.79 Å². The maximum absolute atomic E-state index is 12.5. The summed E-state index contributed by atoms with van der Waals surface area (Å²) in [6.07, 6.45) is 4.45. The molecule has 2 aromatic rings. The monoisotopic (exact) mass is 274 g/mol. The van der Waals surface area contributed by atoms with Gasteiger partial charge in [0.25, 0.3) is 5.91 Å². The number of aromatic amines is 1. The van der Waals surface area contributed by atoms with Crippen LogP contribution in [0.4, 0.5) is 0 Å². The average Bonchev–Trinajstić information content (AvgIpc) is 3.17. The number of nitrogens with one attached hydrogen (secondary N) is 1. The van der Waals surface area contributed by atoms with Crippen LogP contribution in [0.5, 0.6) is 0 Å². The predicted molar refractivity (Wildman–Crippen MR) is 72.2 cm³/mol. The molecule has 0 radical (unpaired) electrons. The van der Waals surface area contributed by atoms with Crippen molar-refractivity contribution in [2.75, 3.05) is 6.54 Å². The first-order valence-corrected chi connectivity index (χ1v) is 6.97. The molecule has 3 rings (SSSR count). The molecule has 1 amide bonds. The van der Waals surface area contributed by atoms with E-state index in [-0.39, 0.29) is 11.9 Å². The molecule has 0 aliphatic carbocycles. The fourth-order valence-corrected chi connectivity index (χ4v) is 2.62. The number of imidazole rings is 1. The van der Waals surface area contributed by atoms with Crippen molar-refractivity contribution in [3.8, 4) is 0 Å². The zero-order valence-corrected chi connectivity index (χ0v) is 11.7. The summed E-state index contributed by atoms with van der Waals surface area (Å²) in [4.78, 5) is 21.9. The van der Waals surface area contributed by atoms with Crippen LogP contribution in [0.2, 0.25) is 0 Å². The normalized spacial score (nSPS) is 18.7. The van der Waals surface area contributed by atoms with E-state index in [0.717, 1.165) is 43.0 Å². The highest BCUT2D eigenvalue weighted by Gasteiger charge is 2.34. The third kappa shape index (κ3) is 2.21. The minimum atomic E-state index is -0.103. The van der Waals surface area contributed by atoms with Crippen LogP contribution < -0.4 is 0 Å². The molecule has 2 aromatic heterocycles. The van der Waals surface area contributed by atoms with E-state index in [0.29, 0.717) is 5.76 Å². The topological polar surface area (TPSA) is 75.0 Å². The van der Waals surface area contributed by atoms with Gasteiger partial charge in [-0.25, -0.2) is 4.98 Å². The van der Waals surface area contributed by atoms with Gasteiger partial charge in [0.1, 0.15) is 5.82 Å². The van der Waals surface area contributed by atoms with Crippen molar-refractivity contribution in [2.24, 2.45) is 0 Å².